The van der Waals surface area contributed by atoms with E-state index < -0.39 is 0 Å². The van der Waals surface area contributed by atoms with E-state index in [1.807, 2.05) is 46.8 Å². The van der Waals surface area contributed by atoms with E-state index in [0.29, 0.717) is 24.4 Å². The number of hydrogen-bond donors (Lipinski definition) is 1. The van der Waals surface area contributed by atoms with Gasteiger partial charge in [-0.15, -0.1) is 0 Å². The van der Waals surface area contributed by atoms with E-state index >= 15 is 0 Å². The summed E-state index contributed by atoms with van der Waals surface area (Å²) in [6.45, 7) is 4.12. The number of nitrogens with zero attached hydrogens (tertiary/aromatic N) is 4. The van der Waals surface area contributed by atoms with E-state index in [4.69, 9.17) is 12.2 Å². The van der Waals surface area contributed by atoms with Gasteiger partial charge in [-0.25, -0.2) is 4.98 Å². The fourth-order valence-corrected chi connectivity index (χ4v) is 2.70. The second-order valence-electron chi connectivity index (χ2n) is 5.48. The molecular weight excluding hydrogens is 310 g/mol. The third-order valence-electron chi connectivity index (χ3n) is 3.85. The van der Waals surface area contributed by atoms with Crippen LogP contribution in [0, 0.1) is 4.77 Å². The van der Waals surface area contributed by atoms with Crippen molar-refractivity contribution >= 4 is 23.1 Å². The van der Waals surface area contributed by atoms with Crippen LogP contribution in [0.15, 0.2) is 41.5 Å². The molecule has 0 saturated carbocycles. The van der Waals surface area contributed by atoms with Gasteiger partial charge in [0.25, 0.3) is 5.56 Å². The largest absolute Gasteiger partial charge is 0.327 e. The Bertz CT molecular complexity index is 939. The number of hydrogen-bond acceptors (Lipinski definition) is 4. The molecule has 0 saturated heterocycles. The molecule has 2 aromatic heterocycles. The van der Waals surface area contributed by atoms with Gasteiger partial charge in [0.1, 0.15) is 5.82 Å². The van der Waals surface area contributed by atoms with E-state index in [1.165, 1.54) is 0 Å². The number of aryl methyl sites for hydroxylation is 1. The Morgan fingerprint density at radius 1 is 1.30 bits per heavy atom. The van der Waals surface area contributed by atoms with Crippen LogP contribution >= 0.6 is 12.2 Å². The van der Waals surface area contributed by atoms with Gasteiger partial charge in [0.2, 0.25) is 0 Å². The molecular formula is C16H19N5OS. The molecule has 0 radical (unpaired) electrons. The van der Waals surface area contributed by atoms with E-state index in [1.54, 1.807) is 6.07 Å². The van der Waals surface area contributed by atoms with E-state index in [-0.39, 0.29) is 5.56 Å². The lowest BCUT2D eigenvalue weighted by Gasteiger charge is -2.20. The lowest BCUT2D eigenvalue weighted by molar-refractivity contribution is 0.214. The Labute approximate surface area is 139 Å². The molecule has 1 aromatic carbocycles. The molecule has 0 aliphatic carbocycles. The van der Waals surface area contributed by atoms with Crippen molar-refractivity contribution in [1.82, 2.24) is 24.0 Å². The van der Waals surface area contributed by atoms with Gasteiger partial charge >= 0.3 is 0 Å². The molecule has 0 spiro atoms. The first-order valence-corrected chi connectivity index (χ1v) is 7.91. The second kappa shape index (κ2) is 6.47. The van der Waals surface area contributed by atoms with Crippen LogP contribution in [0.2, 0.25) is 0 Å². The van der Waals surface area contributed by atoms with Crippen molar-refractivity contribution in [3.8, 4) is 0 Å². The minimum atomic E-state index is -0.0991. The number of nitrogens with one attached hydrogen (secondary N) is 1. The van der Waals surface area contributed by atoms with Gasteiger partial charge < -0.3 is 14.1 Å². The summed E-state index contributed by atoms with van der Waals surface area (Å²) in [6, 6.07) is 7.37. The lowest BCUT2D eigenvalue weighted by atomic mass is 10.2. The van der Waals surface area contributed by atoms with E-state index in [0.717, 1.165) is 16.8 Å². The lowest BCUT2D eigenvalue weighted by Crippen LogP contribution is -2.28. The summed E-state index contributed by atoms with van der Waals surface area (Å²) in [5.74, 6) is 0.665. The highest BCUT2D eigenvalue weighted by molar-refractivity contribution is 7.71. The SMILES string of the molecule is CCN(Cc1nc2ccccc2c(=O)[nH]1)Cn1ccn(C)c1=S. The Balaban J connectivity index is 1.85. The molecule has 0 aliphatic rings. The highest BCUT2D eigenvalue weighted by atomic mass is 32.1. The summed E-state index contributed by atoms with van der Waals surface area (Å²) >= 11 is 5.37. The molecule has 1 N–H and O–H groups in total. The predicted molar refractivity (Wildman–Crippen MR) is 92.7 cm³/mol. The van der Waals surface area contributed by atoms with Gasteiger partial charge in [0.05, 0.1) is 24.1 Å². The number of aromatic nitrogens is 4. The Hall–Kier alpha value is -2.25. The molecule has 0 unspecified atom stereocenters. The van der Waals surface area contributed by atoms with Crippen molar-refractivity contribution in [3.63, 3.8) is 0 Å². The minimum Gasteiger partial charge on any atom is -0.327 e. The maximum atomic E-state index is 12.1. The molecule has 0 aliphatic heterocycles. The van der Waals surface area contributed by atoms with Crippen LogP contribution in [0.25, 0.3) is 10.9 Å². The third-order valence-corrected chi connectivity index (χ3v) is 4.37. The van der Waals surface area contributed by atoms with Gasteiger partial charge in [0, 0.05) is 19.4 Å². The molecule has 0 bridgehead atoms. The van der Waals surface area contributed by atoms with Crippen LogP contribution < -0.4 is 5.56 Å². The second-order valence-corrected chi connectivity index (χ2v) is 5.84. The maximum Gasteiger partial charge on any atom is 0.258 e. The fraction of sp³-hybridized carbons (Fsp3) is 0.312. The van der Waals surface area contributed by atoms with Gasteiger partial charge in [-0.3, -0.25) is 9.69 Å². The van der Waals surface area contributed by atoms with Gasteiger partial charge in [0.15, 0.2) is 4.77 Å². The zero-order valence-electron chi connectivity index (χ0n) is 13.2. The van der Waals surface area contributed by atoms with Crippen LogP contribution in [0.4, 0.5) is 0 Å². The third kappa shape index (κ3) is 3.25. The molecule has 7 heteroatoms. The number of benzene rings is 1. The molecule has 0 amide bonds. The van der Waals surface area contributed by atoms with Gasteiger partial charge in [-0.1, -0.05) is 19.1 Å². The quantitative estimate of drug-likeness (QED) is 0.730. The van der Waals surface area contributed by atoms with Crippen LogP contribution in [0.1, 0.15) is 12.7 Å². The Morgan fingerprint density at radius 3 is 2.78 bits per heavy atom. The van der Waals surface area contributed by atoms with Crippen LogP contribution in [-0.4, -0.2) is 30.5 Å². The molecule has 3 rings (SSSR count). The molecule has 0 fully saturated rings. The van der Waals surface area contributed by atoms with Crippen molar-refractivity contribution < 1.29 is 0 Å². The zero-order valence-corrected chi connectivity index (χ0v) is 14.0. The number of para-hydroxylation sites is 1. The molecule has 6 nitrogen and oxygen atoms in total. The van der Waals surface area contributed by atoms with E-state index in [9.17, 15) is 4.79 Å². The van der Waals surface area contributed by atoms with Gasteiger partial charge in [-0.05, 0) is 30.9 Å². The van der Waals surface area contributed by atoms with Crippen molar-refractivity contribution in [2.24, 2.45) is 7.05 Å². The number of rotatable bonds is 5. The summed E-state index contributed by atoms with van der Waals surface area (Å²) in [7, 11) is 1.93. The van der Waals surface area contributed by atoms with Crippen LogP contribution in [0.5, 0.6) is 0 Å². The normalized spacial score (nSPS) is 11.4. The smallest absolute Gasteiger partial charge is 0.258 e. The molecule has 3 aromatic rings. The Kier molecular flexibility index (Phi) is 4.40. The summed E-state index contributed by atoms with van der Waals surface area (Å²) in [5.41, 5.74) is 0.622. The van der Waals surface area contributed by atoms with E-state index in [2.05, 4.69) is 21.8 Å². The van der Waals surface area contributed by atoms with Gasteiger partial charge in [-0.2, -0.15) is 0 Å². The van der Waals surface area contributed by atoms with Crippen molar-refractivity contribution in [2.75, 3.05) is 6.54 Å². The Morgan fingerprint density at radius 2 is 2.09 bits per heavy atom. The number of H-pyrrole nitrogens is 1. The number of imidazole rings is 1. The average Bonchev–Trinajstić information content (AvgIpc) is 2.86. The van der Waals surface area contributed by atoms with Crippen molar-refractivity contribution in [1.29, 1.82) is 0 Å². The first-order valence-electron chi connectivity index (χ1n) is 7.50. The molecule has 0 atom stereocenters. The first-order chi connectivity index (χ1) is 11.1. The monoisotopic (exact) mass is 329 g/mol. The highest BCUT2D eigenvalue weighted by Crippen LogP contribution is 2.08. The topological polar surface area (TPSA) is 58.9 Å². The van der Waals surface area contributed by atoms with Crippen molar-refractivity contribution in [3.05, 3.63) is 57.6 Å². The predicted octanol–water partition coefficient (Wildman–Crippen LogP) is 2.27. The first kappa shape index (κ1) is 15.6. The summed E-state index contributed by atoms with van der Waals surface area (Å²) in [5, 5.41) is 0.615. The summed E-state index contributed by atoms with van der Waals surface area (Å²) in [6.07, 6.45) is 3.90. The fourth-order valence-electron chi connectivity index (χ4n) is 2.52. The molecule has 120 valence electrons. The molecule has 23 heavy (non-hydrogen) atoms. The van der Waals surface area contributed by atoms with Crippen molar-refractivity contribution in [2.45, 2.75) is 20.1 Å². The summed E-state index contributed by atoms with van der Waals surface area (Å²) in [4.78, 5) is 21.7. The number of fused-ring (bicyclic) bond motifs is 1. The maximum absolute atomic E-state index is 12.1. The van der Waals surface area contributed by atoms with Crippen LogP contribution in [-0.2, 0) is 20.3 Å². The van der Waals surface area contributed by atoms with Crippen LogP contribution in [0.3, 0.4) is 0 Å². The highest BCUT2D eigenvalue weighted by Gasteiger charge is 2.09. The standard InChI is InChI=1S/C16H19N5OS/c1-3-20(11-21-9-8-19(2)16(21)23)10-14-17-13-7-5-4-6-12(13)15(22)18-14/h4-9H,3,10-11H2,1-2H3,(H,17,18,22). The summed E-state index contributed by atoms with van der Waals surface area (Å²) < 4.78 is 4.67. The zero-order chi connectivity index (χ0) is 16.4. The average molecular weight is 329 g/mol. The minimum absolute atomic E-state index is 0.0991. The number of aromatic amines is 1. The molecule has 2 heterocycles.